The average molecular weight is 229 g/mol. The molecule has 0 saturated carbocycles. The Bertz CT molecular complexity index is 405. The molecular formula is C11H13F2NO2. The summed E-state index contributed by atoms with van der Waals surface area (Å²) in [4.78, 5) is 11.2. The molecule has 3 nitrogen and oxygen atoms in total. The summed E-state index contributed by atoms with van der Waals surface area (Å²) in [6.45, 7) is 2.97. The molecule has 5 heteroatoms. The van der Waals surface area contributed by atoms with Crippen molar-refractivity contribution < 1.29 is 18.3 Å². The third-order valence-corrected chi connectivity index (χ3v) is 2.09. The molecule has 1 aliphatic rings. The zero-order valence-electron chi connectivity index (χ0n) is 9.30. The maximum atomic E-state index is 13.4. The molecule has 0 spiro atoms. The molecule has 0 aromatic heterocycles. The van der Waals surface area contributed by atoms with Gasteiger partial charge in [0.2, 0.25) is 0 Å². The number of carbonyl (C=O) groups is 1. The standard InChI is InChI=1S/C10H10FNO2.CH3F/c1-6-3-4-8-7(5-6)12-9(13)10(2,11)14-8;1-2/h3-5H,1-2H3,(H,12,13);1H3. The number of carbonyl (C=O) groups excluding carboxylic acids is 1. The number of benzene rings is 1. The third kappa shape index (κ3) is 2.29. The van der Waals surface area contributed by atoms with Gasteiger partial charge in [-0.15, -0.1) is 0 Å². The monoisotopic (exact) mass is 229 g/mol. The van der Waals surface area contributed by atoms with E-state index < -0.39 is 11.8 Å². The van der Waals surface area contributed by atoms with Crippen LogP contribution in [0.2, 0.25) is 0 Å². The van der Waals surface area contributed by atoms with Crippen LogP contribution in [-0.2, 0) is 4.79 Å². The van der Waals surface area contributed by atoms with Crippen molar-refractivity contribution in [3.8, 4) is 5.75 Å². The van der Waals surface area contributed by atoms with E-state index in [1.807, 2.05) is 6.92 Å². The van der Waals surface area contributed by atoms with E-state index in [2.05, 4.69) is 5.32 Å². The first-order valence-electron chi connectivity index (χ1n) is 4.67. The molecule has 1 amide bonds. The van der Waals surface area contributed by atoms with Crippen molar-refractivity contribution in [1.82, 2.24) is 0 Å². The van der Waals surface area contributed by atoms with Crippen LogP contribution >= 0.6 is 0 Å². The van der Waals surface area contributed by atoms with Crippen LogP contribution in [0, 0.1) is 6.92 Å². The van der Waals surface area contributed by atoms with Gasteiger partial charge in [-0.25, -0.2) is 0 Å². The molecule has 1 N–H and O–H groups in total. The quantitative estimate of drug-likeness (QED) is 0.742. The number of anilines is 1. The number of amides is 1. The van der Waals surface area contributed by atoms with Gasteiger partial charge in [-0.3, -0.25) is 9.18 Å². The van der Waals surface area contributed by atoms with E-state index in [4.69, 9.17) is 4.74 Å². The summed E-state index contributed by atoms with van der Waals surface area (Å²) in [6, 6.07) is 5.18. The molecule has 1 unspecified atom stereocenters. The topological polar surface area (TPSA) is 38.3 Å². The van der Waals surface area contributed by atoms with Gasteiger partial charge in [0.05, 0.1) is 12.9 Å². The highest BCUT2D eigenvalue weighted by molar-refractivity contribution is 5.99. The van der Waals surface area contributed by atoms with Crippen LogP contribution in [0.25, 0.3) is 0 Å². The molecule has 0 radical (unpaired) electrons. The number of ether oxygens (including phenoxy) is 1. The first-order valence-corrected chi connectivity index (χ1v) is 4.67. The zero-order valence-corrected chi connectivity index (χ0v) is 9.30. The third-order valence-electron chi connectivity index (χ3n) is 2.09. The van der Waals surface area contributed by atoms with E-state index in [-0.39, 0.29) is 0 Å². The molecule has 1 aromatic carbocycles. The Kier molecular flexibility index (Phi) is 3.47. The fraction of sp³-hybridized carbons (Fsp3) is 0.364. The van der Waals surface area contributed by atoms with Crippen LogP contribution in [0.1, 0.15) is 12.5 Å². The van der Waals surface area contributed by atoms with Crippen molar-refractivity contribution in [3.05, 3.63) is 23.8 Å². The smallest absolute Gasteiger partial charge is 0.324 e. The Hall–Kier alpha value is -1.65. The first-order chi connectivity index (χ1) is 7.49. The van der Waals surface area contributed by atoms with Gasteiger partial charge in [0.15, 0.2) is 0 Å². The highest BCUT2D eigenvalue weighted by Gasteiger charge is 2.40. The van der Waals surface area contributed by atoms with Crippen LogP contribution < -0.4 is 10.1 Å². The SMILES string of the molecule is CF.Cc1ccc2c(c1)NC(=O)C(C)(F)O2. The summed E-state index contributed by atoms with van der Waals surface area (Å²) in [7, 11) is 0.500. The fourth-order valence-corrected chi connectivity index (χ4v) is 1.32. The van der Waals surface area contributed by atoms with Gasteiger partial charge in [-0.05, 0) is 24.6 Å². The Morgan fingerprint density at radius 2 is 2.00 bits per heavy atom. The van der Waals surface area contributed by atoms with E-state index in [1.54, 1.807) is 18.2 Å². The van der Waals surface area contributed by atoms with Gasteiger partial charge in [0.1, 0.15) is 5.75 Å². The van der Waals surface area contributed by atoms with E-state index in [9.17, 15) is 13.6 Å². The molecule has 1 heterocycles. The molecule has 1 aliphatic heterocycles. The minimum absolute atomic E-state index is 0.361. The predicted octanol–water partition coefficient (Wildman–Crippen LogP) is 2.60. The predicted molar refractivity (Wildman–Crippen MR) is 57.0 cm³/mol. The van der Waals surface area contributed by atoms with Gasteiger partial charge < -0.3 is 10.1 Å². The Morgan fingerprint density at radius 1 is 1.38 bits per heavy atom. The largest absolute Gasteiger partial charge is 0.448 e. The van der Waals surface area contributed by atoms with Crippen molar-refractivity contribution in [2.45, 2.75) is 19.7 Å². The molecule has 0 saturated heterocycles. The minimum Gasteiger partial charge on any atom is -0.448 e. The minimum atomic E-state index is -2.28. The summed E-state index contributed by atoms with van der Waals surface area (Å²) in [5.41, 5.74) is 1.50. The summed E-state index contributed by atoms with van der Waals surface area (Å²) in [5, 5.41) is 2.45. The maximum Gasteiger partial charge on any atom is 0.324 e. The van der Waals surface area contributed by atoms with Crippen molar-refractivity contribution in [2.75, 3.05) is 12.5 Å². The second-order valence-electron chi connectivity index (χ2n) is 3.47. The summed E-state index contributed by atoms with van der Waals surface area (Å²) in [5.74, 6) is -2.68. The van der Waals surface area contributed by atoms with Crippen molar-refractivity contribution in [1.29, 1.82) is 0 Å². The lowest BCUT2D eigenvalue weighted by atomic mass is 10.1. The Morgan fingerprint density at radius 3 is 2.62 bits per heavy atom. The highest BCUT2D eigenvalue weighted by atomic mass is 19.2. The highest BCUT2D eigenvalue weighted by Crippen LogP contribution is 2.34. The molecule has 1 aromatic rings. The van der Waals surface area contributed by atoms with Crippen LogP contribution in [-0.4, -0.2) is 18.9 Å². The van der Waals surface area contributed by atoms with Crippen LogP contribution in [0.15, 0.2) is 18.2 Å². The van der Waals surface area contributed by atoms with E-state index in [0.717, 1.165) is 12.5 Å². The lowest BCUT2D eigenvalue weighted by Gasteiger charge is -2.28. The van der Waals surface area contributed by atoms with Gasteiger partial charge in [-0.1, -0.05) is 6.07 Å². The van der Waals surface area contributed by atoms with Crippen LogP contribution in [0.3, 0.4) is 0 Å². The molecule has 0 aliphatic carbocycles. The number of fused-ring (bicyclic) bond motifs is 1. The lowest BCUT2D eigenvalue weighted by molar-refractivity contribution is -0.146. The van der Waals surface area contributed by atoms with Crippen molar-refractivity contribution in [3.63, 3.8) is 0 Å². The van der Waals surface area contributed by atoms with E-state index >= 15 is 0 Å². The number of rotatable bonds is 0. The van der Waals surface area contributed by atoms with Gasteiger partial charge in [-0.2, -0.15) is 4.39 Å². The summed E-state index contributed by atoms with van der Waals surface area (Å²) >= 11 is 0. The number of alkyl halides is 2. The number of nitrogens with one attached hydrogen (secondary N) is 1. The fourth-order valence-electron chi connectivity index (χ4n) is 1.32. The average Bonchev–Trinajstić information content (AvgIpc) is 2.23. The molecule has 2 rings (SSSR count). The number of aryl methyl sites for hydroxylation is 1. The molecule has 0 fully saturated rings. The molecular weight excluding hydrogens is 216 g/mol. The second kappa shape index (κ2) is 4.47. The number of hydrogen-bond acceptors (Lipinski definition) is 2. The molecule has 88 valence electrons. The van der Waals surface area contributed by atoms with E-state index in [0.29, 0.717) is 18.6 Å². The first kappa shape index (κ1) is 12.4. The Labute approximate surface area is 92.4 Å². The van der Waals surface area contributed by atoms with Gasteiger partial charge in [0.25, 0.3) is 0 Å². The van der Waals surface area contributed by atoms with Crippen LogP contribution in [0.5, 0.6) is 5.75 Å². The number of hydrogen-bond donors (Lipinski definition) is 1. The van der Waals surface area contributed by atoms with Crippen molar-refractivity contribution >= 4 is 11.6 Å². The number of halogens is 2. The normalized spacial score (nSPS) is 22.2. The zero-order chi connectivity index (χ0) is 12.3. The van der Waals surface area contributed by atoms with Crippen LogP contribution in [0.4, 0.5) is 14.5 Å². The maximum absolute atomic E-state index is 13.4. The second-order valence-corrected chi connectivity index (χ2v) is 3.47. The molecule has 16 heavy (non-hydrogen) atoms. The van der Waals surface area contributed by atoms with Crippen molar-refractivity contribution in [2.24, 2.45) is 0 Å². The Balaban J connectivity index is 0.000000606. The molecule has 0 bridgehead atoms. The summed E-state index contributed by atoms with van der Waals surface area (Å²) in [6.07, 6.45) is 0. The van der Waals surface area contributed by atoms with E-state index in [1.165, 1.54) is 0 Å². The molecule has 1 atom stereocenters. The lowest BCUT2D eigenvalue weighted by Crippen LogP contribution is -2.44. The summed E-state index contributed by atoms with van der Waals surface area (Å²) < 4.78 is 27.8. The van der Waals surface area contributed by atoms with Gasteiger partial charge in [0, 0.05) is 6.92 Å². The van der Waals surface area contributed by atoms with Gasteiger partial charge >= 0.3 is 11.8 Å².